The number of halogens is 1. The van der Waals surface area contributed by atoms with Crippen LogP contribution in [0.4, 0.5) is 4.79 Å². The third-order valence-corrected chi connectivity index (χ3v) is 5.28. The molecule has 0 radical (unpaired) electrons. The predicted octanol–water partition coefficient (Wildman–Crippen LogP) is 3.66. The van der Waals surface area contributed by atoms with Crippen LogP contribution >= 0.6 is 15.9 Å². The van der Waals surface area contributed by atoms with Gasteiger partial charge in [0.2, 0.25) is 5.91 Å². The molecule has 1 N–H and O–H groups in total. The summed E-state index contributed by atoms with van der Waals surface area (Å²) in [6, 6.07) is 9.75. The van der Waals surface area contributed by atoms with Gasteiger partial charge in [-0.25, -0.2) is 9.59 Å². The first-order chi connectivity index (χ1) is 14.9. The number of ether oxygens (including phenoxy) is 3. The summed E-state index contributed by atoms with van der Waals surface area (Å²) in [5, 5.41) is 2.47. The van der Waals surface area contributed by atoms with Crippen LogP contribution in [0.3, 0.4) is 0 Å². The number of hydrogen-bond donors (Lipinski definition) is 1. The first-order valence-electron chi connectivity index (χ1n) is 9.85. The molecule has 3 amide bonds. The molecular formula is C22H23BrN2O6. The molecule has 8 nitrogen and oxygen atoms in total. The second kappa shape index (κ2) is 10.3. The van der Waals surface area contributed by atoms with Gasteiger partial charge in [-0.2, -0.15) is 0 Å². The van der Waals surface area contributed by atoms with Gasteiger partial charge < -0.3 is 19.5 Å². The van der Waals surface area contributed by atoms with E-state index in [0.717, 1.165) is 20.5 Å². The molecule has 3 rings (SSSR count). The van der Waals surface area contributed by atoms with Crippen molar-refractivity contribution in [2.24, 2.45) is 0 Å². The minimum absolute atomic E-state index is 0.00929. The Morgan fingerprint density at radius 2 is 1.71 bits per heavy atom. The van der Waals surface area contributed by atoms with Crippen molar-refractivity contribution < 1.29 is 28.6 Å². The summed E-state index contributed by atoms with van der Waals surface area (Å²) in [7, 11) is 0. The second-order valence-corrected chi connectivity index (χ2v) is 7.52. The molecule has 1 heterocycles. The Bertz CT molecular complexity index is 961. The van der Waals surface area contributed by atoms with E-state index in [2.05, 4.69) is 21.2 Å². The summed E-state index contributed by atoms with van der Waals surface area (Å²) in [4.78, 5) is 36.9. The number of esters is 1. The first-order valence-corrected chi connectivity index (χ1v) is 10.6. The van der Waals surface area contributed by atoms with E-state index in [4.69, 9.17) is 14.2 Å². The minimum Gasteiger partial charge on any atom is -0.490 e. The van der Waals surface area contributed by atoms with Crippen molar-refractivity contribution in [3.8, 4) is 11.5 Å². The third-order valence-electron chi connectivity index (χ3n) is 4.54. The fraction of sp³-hybridized carbons (Fsp3) is 0.318. The van der Waals surface area contributed by atoms with Crippen LogP contribution in [-0.2, 0) is 22.7 Å². The summed E-state index contributed by atoms with van der Waals surface area (Å²) < 4.78 is 17.4. The number of rotatable bonds is 9. The van der Waals surface area contributed by atoms with E-state index in [9.17, 15) is 14.4 Å². The molecule has 31 heavy (non-hydrogen) atoms. The van der Waals surface area contributed by atoms with Crippen LogP contribution in [0.2, 0.25) is 0 Å². The molecule has 2 aromatic rings. The first kappa shape index (κ1) is 22.6. The number of nitrogens with zero attached hydrogens (tertiary/aromatic N) is 1. The maximum Gasteiger partial charge on any atom is 0.338 e. The van der Waals surface area contributed by atoms with Crippen LogP contribution in [-0.4, -0.2) is 42.6 Å². The molecule has 0 aromatic heterocycles. The van der Waals surface area contributed by atoms with Crippen LogP contribution in [0.5, 0.6) is 11.5 Å². The van der Waals surface area contributed by atoms with Crippen molar-refractivity contribution in [3.05, 3.63) is 57.6 Å². The second-order valence-electron chi connectivity index (χ2n) is 6.67. The zero-order valence-corrected chi connectivity index (χ0v) is 18.9. The molecular weight excluding hydrogens is 468 g/mol. The Hall–Kier alpha value is -3.07. The monoisotopic (exact) mass is 490 g/mol. The molecule has 1 aliphatic heterocycles. The van der Waals surface area contributed by atoms with E-state index in [1.807, 2.05) is 13.8 Å². The lowest BCUT2D eigenvalue weighted by Crippen LogP contribution is -2.30. The Kier molecular flexibility index (Phi) is 7.51. The third kappa shape index (κ3) is 5.55. The number of amides is 3. The van der Waals surface area contributed by atoms with Gasteiger partial charge in [-0.15, -0.1) is 0 Å². The molecule has 164 valence electrons. The molecule has 0 bridgehead atoms. The fourth-order valence-electron chi connectivity index (χ4n) is 3.00. The number of urea groups is 1. The van der Waals surface area contributed by atoms with Crippen molar-refractivity contribution in [3.63, 3.8) is 0 Å². The molecule has 9 heteroatoms. The number of benzene rings is 2. The average molecular weight is 491 g/mol. The van der Waals surface area contributed by atoms with Crippen molar-refractivity contribution in [2.75, 3.05) is 19.8 Å². The van der Waals surface area contributed by atoms with E-state index >= 15 is 0 Å². The fourth-order valence-corrected chi connectivity index (χ4v) is 3.43. The average Bonchev–Trinajstić information content (AvgIpc) is 3.07. The van der Waals surface area contributed by atoms with Gasteiger partial charge in [-0.3, -0.25) is 9.69 Å². The Morgan fingerprint density at radius 3 is 2.29 bits per heavy atom. The van der Waals surface area contributed by atoms with E-state index < -0.39 is 12.0 Å². The summed E-state index contributed by atoms with van der Waals surface area (Å²) >= 11 is 3.48. The smallest absolute Gasteiger partial charge is 0.338 e. The molecule has 1 saturated heterocycles. The van der Waals surface area contributed by atoms with Crippen LogP contribution in [0, 0.1) is 0 Å². The highest BCUT2D eigenvalue weighted by molar-refractivity contribution is 9.10. The van der Waals surface area contributed by atoms with Crippen molar-refractivity contribution in [2.45, 2.75) is 27.0 Å². The van der Waals surface area contributed by atoms with Gasteiger partial charge in [0.15, 0.2) is 11.5 Å². The highest BCUT2D eigenvalue weighted by Gasteiger charge is 2.28. The molecule has 0 aliphatic carbocycles. The number of nitrogens with one attached hydrogen (secondary N) is 1. The Morgan fingerprint density at radius 1 is 1.06 bits per heavy atom. The standard InChI is InChI=1S/C22H23BrN2O6/c1-3-29-18-9-16(17(23)10-19(18)30-4-2)13-31-21(27)15-7-5-14(6-8-15)12-25-20(26)11-24-22(25)28/h5-10H,3-4,11-13H2,1-2H3,(H,24,28). The highest BCUT2D eigenvalue weighted by Crippen LogP contribution is 2.34. The maximum absolute atomic E-state index is 12.4. The van der Waals surface area contributed by atoms with Gasteiger partial charge in [0.05, 0.1) is 31.9 Å². The Labute approximate surface area is 188 Å². The van der Waals surface area contributed by atoms with Gasteiger partial charge in [0.1, 0.15) is 6.61 Å². The van der Waals surface area contributed by atoms with Gasteiger partial charge >= 0.3 is 12.0 Å². The van der Waals surface area contributed by atoms with Crippen LogP contribution in [0.15, 0.2) is 40.9 Å². The van der Waals surface area contributed by atoms with Gasteiger partial charge in [0, 0.05) is 10.0 Å². The van der Waals surface area contributed by atoms with Gasteiger partial charge in [-0.05, 0) is 43.7 Å². The lowest BCUT2D eigenvalue weighted by Gasteiger charge is -2.14. The molecule has 0 saturated carbocycles. The van der Waals surface area contributed by atoms with E-state index in [-0.39, 0.29) is 25.6 Å². The molecule has 0 unspecified atom stereocenters. The quantitative estimate of drug-likeness (QED) is 0.425. The summed E-state index contributed by atoms with van der Waals surface area (Å²) in [6.07, 6.45) is 0. The van der Waals surface area contributed by atoms with Crippen LogP contribution in [0.1, 0.15) is 35.3 Å². The van der Waals surface area contributed by atoms with E-state index in [1.165, 1.54) is 0 Å². The summed E-state index contributed by atoms with van der Waals surface area (Å²) in [5.41, 5.74) is 1.85. The minimum atomic E-state index is -0.486. The molecule has 0 spiro atoms. The molecule has 1 aliphatic rings. The molecule has 1 fully saturated rings. The summed E-state index contributed by atoms with van der Waals surface area (Å²) in [5.74, 6) is 0.441. The zero-order chi connectivity index (χ0) is 22.4. The number of carbonyl (C=O) groups excluding carboxylic acids is 3. The normalized spacial score (nSPS) is 13.2. The van der Waals surface area contributed by atoms with Crippen molar-refractivity contribution in [1.29, 1.82) is 0 Å². The van der Waals surface area contributed by atoms with Gasteiger partial charge in [0.25, 0.3) is 0 Å². The zero-order valence-electron chi connectivity index (χ0n) is 17.3. The Balaban J connectivity index is 1.63. The van der Waals surface area contributed by atoms with Crippen molar-refractivity contribution in [1.82, 2.24) is 10.2 Å². The number of imide groups is 1. The number of carbonyl (C=O) groups is 3. The topological polar surface area (TPSA) is 94.2 Å². The van der Waals surface area contributed by atoms with E-state index in [0.29, 0.717) is 30.3 Å². The number of hydrogen-bond acceptors (Lipinski definition) is 6. The van der Waals surface area contributed by atoms with Gasteiger partial charge in [-0.1, -0.05) is 28.1 Å². The molecule has 0 atom stereocenters. The maximum atomic E-state index is 12.4. The van der Waals surface area contributed by atoms with Crippen molar-refractivity contribution >= 4 is 33.8 Å². The lowest BCUT2D eigenvalue weighted by atomic mass is 10.1. The lowest BCUT2D eigenvalue weighted by molar-refractivity contribution is -0.125. The van der Waals surface area contributed by atoms with Crippen LogP contribution in [0.25, 0.3) is 0 Å². The summed E-state index contributed by atoms with van der Waals surface area (Å²) in [6.45, 7) is 4.98. The SMILES string of the molecule is CCOc1cc(Br)c(COC(=O)c2ccc(CN3C(=O)CNC3=O)cc2)cc1OCC. The highest BCUT2D eigenvalue weighted by atomic mass is 79.9. The van der Waals surface area contributed by atoms with Crippen LogP contribution < -0.4 is 14.8 Å². The molecule has 2 aromatic carbocycles. The van der Waals surface area contributed by atoms with E-state index in [1.54, 1.807) is 36.4 Å². The predicted molar refractivity (Wildman–Crippen MR) is 116 cm³/mol. The largest absolute Gasteiger partial charge is 0.490 e.